The van der Waals surface area contributed by atoms with Crippen molar-refractivity contribution in [3.8, 4) is 0 Å². The first kappa shape index (κ1) is 18.8. The van der Waals surface area contributed by atoms with Gasteiger partial charge in [0.2, 0.25) is 5.91 Å². The van der Waals surface area contributed by atoms with Gasteiger partial charge in [-0.1, -0.05) is 6.42 Å². The highest BCUT2D eigenvalue weighted by Gasteiger charge is 2.50. The summed E-state index contributed by atoms with van der Waals surface area (Å²) in [4.78, 5) is 37.7. The Morgan fingerprint density at radius 3 is 2.37 bits per heavy atom. The highest BCUT2D eigenvalue weighted by molar-refractivity contribution is 5.84. The fourth-order valence-corrected chi connectivity index (χ4v) is 6.40. The molecule has 0 atom stereocenters. The smallest absolute Gasteiger partial charge is 0.326 e. The monoisotopic (exact) mass is 376 g/mol. The van der Waals surface area contributed by atoms with Crippen LogP contribution in [0.2, 0.25) is 0 Å². The molecule has 0 aromatic rings. The predicted octanol–water partition coefficient (Wildman–Crippen LogP) is 2.26. The summed E-state index contributed by atoms with van der Waals surface area (Å²) in [5.74, 6) is 1.87. The van der Waals surface area contributed by atoms with E-state index in [-0.39, 0.29) is 30.4 Å². The summed E-state index contributed by atoms with van der Waals surface area (Å²) in [5, 5.41) is 3.02. The summed E-state index contributed by atoms with van der Waals surface area (Å²) < 4.78 is 5.12. The van der Waals surface area contributed by atoms with Crippen molar-refractivity contribution < 1.29 is 19.1 Å². The van der Waals surface area contributed by atoms with Crippen LogP contribution in [0.3, 0.4) is 0 Å². The van der Waals surface area contributed by atoms with Crippen LogP contribution in [0.4, 0.5) is 0 Å². The van der Waals surface area contributed by atoms with Gasteiger partial charge in [-0.15, -0.1) is 0 Å². The van der Waals surface area contributed by atoms with Crippen LogP contribution >= 0.6 is 0 Å². The number of likely N-dealkylation sites (tertiary alicyclic amines) is 1. The molecule has 4 saturated carbocycles. The predicted molar refractivity (Wildman–Crippen MR) is 99.6 cm³/mol. The maximum absolute atomic E-state index is 12.2. The lowest BCUT2D eigenvalue weighted by atomic mass is 9.49. The molecule has 1 heterocycles. The van der Waals surface area contributed by atoms with Gasteiger partial charge < -0.3 is 15.0 Å². The third-order valence-electron chi connectivity index (χ3n) is 7.18. The molecule has 5 rings (SSSR count). The third kappa shape index (κ3) is 4.46. The molecule has 5 fully saturated rings. The summed E-state index contributed by atoms with van der Waals surface area (Å²) in [6, 6.07) is 0. The molecule has 2 amide bonds. The van der Waals surface area contributed by atoms with Gasteiger partial charge in [-0.3, -0.25) is 14.4 Å². The molecule has 0 aromatic carbocycles. The van der Waals surface area contributed by atoms with E-state index in [1.54, 1.807) is 4.90 Å². The fourth-order valence-electron chi connectivity index (χ4n) is 6.40. The van der Waals surface area contributed by atoms with Gasteiger partial charge in [0, 0.05) is 19.5 Å². The molecule has 6 heteroatoms. The van der Waals surface area contributed by atoms with E-state index in [4.69, 9.17) is 4.74 Å². The lowest BCUT2D eigenvalue weighted by Gasteiger charge is -2.56. The SMILES string of the molecule is O=C(COC(=O)CN1CCCCCC1=O)NCC12CC3CC(CC(C3)C1)C2. The quantitative estimate of drug-likeness (QED) is 0.722. The number of hydrogen-bond acceptors (Lipinski definition) is 4. The average Bonchev–Trinajstić information content (AvgIpc) is 2.82. The molecule has 4 aliphatic carbocycles. The van der Waals surface area contributed by atoms with Gasteiger partial charge in [0.15, 0.2) is 6.61 Å². The lowest BCUT2D eigenvalue weighted by molar-refractivity contribution is -0.152. The zero-order chi connectivity index (χ0) is 18.9. The van der Waals surface area contributed by atoms with E-state index in [1.165, 1.54) is 38.5 Å². The molecule has 1 saturated heterocycles. The Bertz CT molecular complexity index is 568. The van der Waals surface area contributed by atoms with Crippen molar-refractivity contribution in [1.82, 2.24) is 10.2 Å². The highest BCUT2D eigenvalue weighted by atomic mass is 16.5. The van der Waals surface area contributed by atoms with Gasteiger partial charge in [0.1, 0.15) is 6.54 Å². The first-order valence-corrected chi connectivity index (χ1v) is 10.7. The van der Waals surface area contributed by atoms with Crippen molar-refractivity contribution >= 4 is 17.8 Å². The van der Waals surface area contributed by atoms with Crippen molar-refractivity contribution in [1.29, 1.82) is 0 Å². The molecule has 6 nitrogen and oxygen atoms in total. The van der Waals surface area contributed by atoms with Crippen molar-refractivity contribution in [3.63, 3.8) is 0 Å². The molecule has 1 N–H and O–H groups in total. The van der Waals surface area contributed by atoms with E-state index >= 15 is 0 Å². The summed E-state index contributed by atoms with van der Waals surface area (Å²) in [6.45, 7) is 1.04. The van der Waals surface area contributed by atoms with E-state index in [0.717, 1.165) is 43.6 Å². The zero-order valence-corrected chi connectivity index (χ0v) is 16.2. The van der Waals surface area contributed by atoms with Crippen LogP contribution in [-0.4, -0.2) is 48.9 Å². The Hall–Kier alpha value is -1.59. The Labute approximate surface area is 161 Å². The highest BCUT2D eigenvalue weighted by Crippen LogP contribution is 2.59. The van der Waals surface area contributed by atoms with Crippen molar-refractivity contribution in [2.24, 2.45) is 23.2 Å². The van der Waals surface area contributed by atoms with Gasteiger partial charge in [-0.05, 0) is 74.5 Å². The van der Waals surface area contributed by atoms with Gasteiger partial charge in [0.05, 0.1) is 0 Å². The summed E-state index contributed by atoms with van der Waals surface area (Å²) in [6.07, 6.45) is 11.2. The van der Waals surface area contributed by atoms with Crippen LogP contribution in [0.25, 0.3) is 0 Å². The molecule has 1 aliphatic heterocycles. The zero-order valence-electron chi connectivity index (χ0n) is 16.2. The number of carbonyl (C=O) groups is 3. The van der Waals surface area contributed by atoms with Gasteiger partial charge >= 0.3 is 5.97 Å². The van der Waals surface area contributed by atoms with Crippen molar-refractivity contribution in [2.75, 3.05) is 26.2 Å². The molecule has 0 unspecified atom stereocenters. The first-order chi connectivity index (χ1) is 13.0. The molecular weight excluding hydrogens is 344 g/mol. The molecule has 0 spiro atoms. The molecule has 0 radical (unpaired) electrons. The number of nitrogens with zero attached hydrogens (tertiary/aromatic N) is 1. The second kappa shape index (κ2) is 7.80. The number of ether oxygens (including phenoxy) is 1. The largest absolute Gasteiger partial charge is 0.454 e. The van der Waals surface area contributed by atoms with Crippen molar-refractivity contribution in [2.45, 2.75) is 64.2 Å². The summed E-state index contributed by atoms with van der Waals surface area (Å²) in [5.41, 5.74) is 0.285. The van der Waals surface area contributed by atoms with E-state index in [0.29, 0.717) is 13.0 Å². The topological polar surface area (TPSA) is 75.7 Å². The van der Waals surface area contributed by atoms with Gasteiger partial charge in [-0.25, -0.2) is 0 Å². The molecule has 27 heavy (non-hydrogen) atoms. The Kier molecular flexibility index (Phi) is 5.42. The second-order valence-electron chi connectivity index (χ2n) is 9.48. The maximum Gasteiger partial charge on any atom is 0.326 e. The maximum atomic E-state index is 12.2. The van der Waals surface area contributed by atoms with E-state index in [9.17, 15) is 14.4 Å². The number of rotatable bonds is 6. The number of amides is 2. The van der Waals surface area contributed by atoms with Crippen LogP contribution < -0.4 is 5.32 Å². The summed E-state index contributed by atoms with van der Waals surface area (Å²) >= 11 is 0. The summed E-state index contributed by atoms with van der Waals surface area (Å²) in [7, 11) is 0. The van der Waals surface area contributed by atoms with Crippen LogP contribution in [0.1, 0.15) is 64.2 Å². The molecule has 4 bridgehead atoms. The molecular formula is C21H32N2O4. The van der Waals surface area contributed by atoms with E-state index in [1.807, 2.05) is 0 Å². The second-order valence-corrected chi connectivity index (χ2v) is 9.48. The fraction of sp³-hybridized carbons (Fsp3) is 0.857. The molecule has 150 valence electrons. The number of hydrogen-bond donors (Lipinski definition) is 1. The standard InChI is InChI=1S/C21H32N2O4/c24-18(13-27-20(26)12-23-5-3-1-2-4-19(23)25)22-14-21-9-15-6-16(10-21)8-17(7-15)11-21/h15-17H,1-14H2,(H,22,24). The Balaban J connectivity index is 1.19. The van der Waals surface area contributed by atoms with Crippen molar-refractivity contribution in [3.05, 3.63) is 0 Å². The van der Waals surface area contributed by atoms with Crippen LogP contribution in [-0.2, 0) is 19.1 Å². The third-order valence-corrected chi connectivity index (χ3v) is 7.18. The first-order valence-electron chi connectivity index (χ1n) is 10.7. The lowest BCUT2D eigenvalue weighted by Crippen LogP contribution is -2.51. The average molecular weight is 376 g/mol. The molecule has 5 aliphatic rings. The van der Waals surface area contributed by atoms with Crippen LogP contribution in [0, 0.1) is 23.2 Å². The van der Waals surface area contributed by atoms with E-state index < -0.39 is 5.97 Å². The number of esters is 1. The van der Waals surface area contributed by atoms with Crippen LogP contribution in [0.15, 0.2) is 0 Å². The number of nitrogens with one attached hydrogen (secondary N) is 1. The van der Waals surface area contributed by atoms with Crippen LogP contribution in [0.5, 0.6) is 0 Å². The Morgan fingerprint density at radius 2 is 1.70 bits per heavy atom. The Morgan fingerprint density at radius 1 is 1.04 bits per heavy atom. The normalized spacial score (nSPS) is 35.0. The van der Waals surface area contributed by atoms with E-state index in [2.05, 4.69) is 5.32 Å². The minimum Gasteiger partial charge on any atom is -0.454 e. The number of carbonyl (C=O) groups excluding carboxylic acids is 3. The minimum atomic E-state index is -0.491. The molecule has 0 aromatic heterocycles. The van der Waals surface area contributed by atoms with Gasteiger partial charge in [0.25, 0.3) is 5.91 Å². The van der Waals surface area contributed by atoms with Gasteiger partial charge in [-0.2, -0.15) is 0 Å². The minimum absolute atomic E-state index is 0.00992.